The molecule has 0 aromatic heterocycles. The van der Waals surface area contributed by atoms with E-state index >= 15 is 0 Å². The first kappa shape index (κ1) is 19.4. The van der Waals surface area contributed by atoms with E-state index in [0.29, 0.717) is 36.9 Å². The third-order valence-electron chi connectivity index (χ3n) is 2.75. The SMILES string of the molecule is CCOc1ccc(/C=N\NC(=O)C(=O)NCCOC)cc1OCC. The predicted molar refractivity (Wildman–Crippen MR) is 89.4 cm³/mol. The van der Waals surface area contributed by atoms with Crippen molar-refractivity contribution in [3.8, 4) is 11.5 Å². The van der Waals surface area contributed by atoms with E-state index in [2.05, 4.69) is 15.8 Å². The van der Waals surface area contributed by atoms with Gasteiger partial charge >= 0.3 is 11.8 Å². The second-order valence-corrected chi connectivity index (χ2v) is 4.52. The number of ether oxygens (including phenoxy) is 3. The summed E-state index contributed by atoms with van der Waals surface area (Å²) >= 11 is 0. The van der Waals surface area contributed by atoms with Crippen molar-refractivity contribution in [3.05, 3.63) is 23.8 Å². The molecule has 0 spiro atoms. The van der Waals surface area contributed by atoms with Crippen molar-refractivity contribution in [2.24, 2.45) is 5.10 Å². The van der Waals surface area contributed by atoms with Gasteiger partial charge in [-0.2, -0.15) is 5.10 Å². The quantitative estimate of drug-likeness (QED) is 0.299. The zero-order valence-corrected chi connectivity index (χ0v) is 14.1. The average Bonchev–Trinajstić information content (AvgIpc) is 2.57. The van der Waals surface area contributed by atoms with Gasteiger partial charge in [0.1, 0.15) is 0 Å². The molecule has 0 bridgehead atoms. The molecule has 24 heavy (non-hydrogen) atoms. The van der Waals surface area contributed by atoms with Gasteiger partial charge in [-0.25, -0.2) is 5.43 Å². The molecule has 0 aliphatic heterocycles. The number of carbonyl (C=O) groups is 2. The molecule has 0 unspecified atom stereocenters. The molecule has 8 heteroatoms. The Balaban J connectivity index is 2.61. The van der Waals surface area contributed by atoms with Crippen molar-refractivity contribution in [2.45, 2.75) is 13.8 Å². The molecule has 132 valence electrons. The number of benzene rings is 1. The molecule has 0 fully saturated rings. The van der Waals surface area contributed by atoms with Gasteiger partial charge in [0.05, 0.1) is 26.0 Å². The van der Waals surface area contributed by atoms with Crippen molar-refractivity contribution in [2.75, 3.05) is 33.5 Å². The van der Waals surface area contributed by atoms with Crippen LogP contribution in [0.1, 0.15) is 19.4 Å². The lowest BCUT2D eigenvalue weighted by atomic mass is 10.2. The number of nitrogens with one attached hydrogen (secondary N) is 2. The van der Waals surface area contributed by atoms with Crippen LogP contribution in [0.5, 0.6) is 11.5 Å². The van der Waals surface area contributed by atoms with E-state index in [-0.39, 0.29) is 6.54 Å². The number of amides is 2. The van der Waals surface area contributed by atoms with Crippen molar-refractivity contribution in [3.63, 3.8) is 0 Å². The summed E-state index contributed by atoms with van der Waals surface area (Å²) in [5.41, 5.74) is 2.85. The number of rotatable bonds is 9. The van der Waals surface area contributed by atoms with Gasteiger partial charge in [-0.3, -0.25) is 9.59 Å². The van der Waals surface area contributed by atoms with E-state index in [0.717, 1.165) is 0 Å². The molecule has 1 aromatic rings. The normalized spacial score (nSPS) is 10.5. The van der Waals surface area contributed by atoms with Gasteiger partial charge in [-0.05, 0) is 37.6 Å². The largest absolute Gasteiger partial charge is 0.490 e. The Hall–Kier alpha value is -2.61. The minimum Gasteiger partial charge on any atom is -0.490 e. The Morgan fingerprint density at radius 2 is 1.83 bits per heavy atom. The fourth-order valence-electron chi connectivity index (χ4n) is 1.71. The molecule has 2 N–H and O–H groups in total. The smallest absolute Gasteiger partial charge is 0.329 e. The molecule has 0 radical (unpaired) electrons. The third kappa shape index (κ3) is 6.66. The molecule has 0 saturated carbocycles. The van der Waals surface area contributed by atoms with Crippen LogP contribution in [-0.2, 0) is 14.3 Å². The maximum atomic E-state index is 11.5. The number of hydrogen-bond donors (Lipinski definition) is 2. The summed E-state index contributed by atoms with van der Waals surface area (Å²) in [7, 11) is 1.50. The summed E-state index contributed by atoms with van der Waals surface area (Å²) in [6.45, 7) is 5.37. The number of nitrogens with zero attached hydrogens (tertiary/aromatic N) is 1. The van der Waals surface area contributed by atoms with Crippen molar-refractivity contribution < 1.29 is 23.8 Å². The van der Waals surface area contributed by atoms with E-state index in [9.17, 15) is 9.59 Å². The van der Waals surface area contributed by atoms with Gasteiger partial charge in [0, 0.05) is 13.7 Å². The minimum absolute atomic E-state index is 0.253. The topological polar surface area (TPSA) is 98.2 Å². The first-order valence-electron chi connectivity index (χ1n) is 7.62. The molecule has 0 aliphatic rings. The van der Waals surface area contributed by atoms with Crippen molar-refractivity contribution in [1.29, 1.82) is 0 Å². The maximum absolute atomic E-state index is 11.5. The van der Waals surface area contributed by atoms with Crippen LogP contribution in [-0.4, -0.2) is 51.5 Å². The Morgan fingerprint density at radius 3 is 2.50 bits per heavy atom. The zero-order valence-electron chi connectivity index (χ0n) is 14.1. The molecule has 8 nitrogen and oxygen atoms in total. The van der Waals surface area contributed by atoms with Crippen LogP contribution in [0.4, 0.5) is 0 Å². The fraction of sp³-hybridized carbons (Fsp3) is 0.438. The Labute approximate surface area is 141 Å². The van der Waals surface area contributed by atoms with Crippen molar-refractivity contribution in [1.82, 2.24) is 10.7 Å². The third-order valence-corrected chi connectivity index (χ3v) is 2.75. The van der Waals surface area contributed by atoms with Gasteiger partial charge < -0.3 is 19.5 Å². The van der Waals surface area contributed by atoms with Gasteiger partial charge in [-0.1, -0.05) is 0 Å². The summed E-state index contributed by atoms with van der Waals surface area (Å²) in [6, 6.07) is 5.26. The monoisotopic (exact) mass is 337 g/mol. The minimum atomic E-state index is -0.849. The van der Waals surface area contributed by atoms with Crippen LogP contribution in [0, 0.1) is 0 Å². The van der Waals surface area contributed by atoms with Crippen LogP contribution < -0.4 is 20.2 Å². The molecule has 0 saturated heterocycles. The second-order valence-electron chi connectivity index (χ2n) is 4.52. The van der Waals surface area contributed by atoms with Crippen LogP contribution in [0.3, 0.4) is 0 Å². The molecule has 1 rings (SSSR count). The Morgan fingerprint density at radius 1 is 1.12 bits per heavy atom. The Kier molecular flexibility index (Phi) is 8.91. The lowest BCUT2D eigenvalue weighted by Crippen LogP contribution is -2.39. The molecular formula is C16H23N3O5. The Bertz CT molecular complexity index is 575. The number of hydrazone groups is 1. The maximum Gasteiger partial charge on any atom is 0.329 e. The van der Waals surface area contributed by atoms with Crippen LogP contribution in [0.2, 0.25) is 0 Å². The molecule has 0 aliphatic carbocycles. The molecule has 0 atom stereocenters. The van der Waals surface area contributed by atoms with Gasteiger partial charge in [0.25, 0.3) is 0 Å². The summed E-state index contributed by atoms with van der Waals surface area (Å²) in [5, 5.41) is 6.15. The fourth-order valence-corrected chi connectivity index (χ4v) is 1.71. The van der Waals surface area contributed by atoms with E-state index in [1.54, 1.807) is 18.2 Å². The van der Waals surface area contributed by atoms with Crippen molar-refractivity contribution >= 4 is 18.0 Å². The number of methoxy groups -OCH3 is 1. The van der Waals surface area contributed by atoms with Crippen LogP contribution in [0.25, 0.3) is 0 Å². The summed E-state index contributed by atoms with van der Waals surface area (Å²) < 4.78 is 15.7. The number of hydrogen-bond acceptors (Lipinski definition) is 6. The van der Waals surface area contributed by atoms with Gasteiger partial charge in [0.2, 0.25) is 0 Å². The second kappa shape index (κ2) is 11.0. The van der Waals surface area contributed by atoms with E-state index in [1.165, 1.54) is 13.3 Å². The first-order valence-corrected chi connectivity index (χ1v) is 7.62. The van der Waals surface area contributed by atoms with E-state index in [1.807, 2.05) is 13.8 Å². The highest BCUT2D eigenvalue weighted by Gasteiger charge is 2.11. The predicted octanol–water partition coefficient (Wildman–Crippen LogP) is 0.697. The molecular weight excluding hydrogens is 314 g/mol. The van der Waals surface area contributed by atoms with Crippen LogP contribution in [0.15, 0.2) is 23.3 Å². The van der Waals surface area contributed by atoms with Crippen LogP contribution >= 0.6 is 0 Å². The van der Waals surface area contributed by atoms with Gasteiger partial charge in [-0.15, -0.1) is 0 Å². The van der Waals surface area contributed by atoms with E-state index < -0.39 is 11.8 Å². The summed E-state index contributed by atoms with van der Waals surface area (Å²) in [6.07, 6.45) is 1.42. The lowest BCUT2D eigenvalue weighted by molar-refractivity contribution is -0.139. The standard InChI is InChI=1S/C16H23N3O5/c1-4-23-13-7-6-12(10-14(13)24-5-2)11-18-19-16(21)15(20)17-8-9-22-3/h6-7,10-11H,4-5,8-9H2,1-3H3,(H,17,20)(H,19,21)/b18-11-. The van der Waals surface area contributed by atoms with E-state index in [4.69, 9.17) is 14.2 Å². The molecule has 1 aromatic carbocycles. The first-order chi connectivity index (χ1) is 11.6. The number of carbonyl (C=O) groups excluding carboxylic acids is 2. The average molecular weight is 337 g/mol. The molecule has 0 heterocycles. The highest BCUT2D eigenvalue weighted by molar-refractivity contribution is 6.35. The molecule has 2 amide bonds. The zero-order chi connectivity index (χ0) is 17.8. The summed E-state index contributed by atoms with van der Waals surface area (Å²) in [4.78, 5) is 22.9. The van der Waals surface area contributed by atoms with Gasteiger partial charge in [0.15, 0.2) is 11.5 Å². The highest BCUT2D eigenvalue weighted by Crippen LogP contribution is 2.27. The lowest BCUT2D eigenvalue weighted by Gasteiger charge is -2.11. The summed E-state index contributed by atoms with van der Waals surface area (Å²) in [5.74, 6) is -0.394. The highest BCUT2D eigenvalue weighted by atomic mass is 16.5.